The van der Waals surface area contributed by atoms with Crippen molar-refractivity contribution in [3.05, 3.63) is 52.9 Å². The van der Waals surface area contributed by atoms with E-state index >= 15 is 0 Å². The van der Waals surface area contributed by atoms with Gasteiger partial charge in [0, 0.05) is 17.3 Å². The third-order valence-corrected chi connectivity index (χ3v) is 4.01. The molecule has 1 aromatic carbocycles. The quantitative estimate of drug-likeness (QED) is 0.937. The zero-order valence-electron chi connectivity index (χ0n) is 11.1. The van der Waals surface area contributed by atoms with Crippen LogP contribution in [0.15, 0.2) is 24.4 Å². The number of hydrogen-bond acceptors (Lipinski definition) is 2. The highest BCUT2D eigenvalue weighted by atomic mass is 19.1. The number of hydrogen-bond donors (Lipinski definition) is 1. The molecule has 0 spiro atoms. The highest BCUT2D eigenvalue weighted by Gasteiger charge is 2.23. The summed E-state index contributed by atoms with van der Waals surface area (Å²) in [5, 5.41) is 4.36. The normalized spacial score (nSPS) is 18.1. The summed E-state index contributed by atoms with van der Waals surface area (Å²) in [6.07, 6.45) is 4.94. The van der Waals surface area contributed by atoms with Crippen molar-refractivity contribution in [2.24, 2.45) is 5.73 Å². The van der Waals surface area contributed by atoms with Gasteiger partial charge >= 0.3 is 0 Å². The van der Waals surface area contributed by atoms with Crippen LogP contribution in [-0.2, 0) is 13.0 Å². The first-order valence-corrected chi connectivity index (χ1v) is 6.87. The van der Waals surface area contributed by atoms with Crippen molar-refractivity contribution in [3.8, 4) is 0 Å². The number of benzene rings is 1. The van der Waals surface area contributed by atoms with Gasteiger partial charge in [-0.05, 0) is 43.4 Å². The molecule has 1 heterocycles. The number of fused-ring (bicyclic) bond motifs is 1. The smallest absolute Gasteiger partial charge is 0.131 e. The Morgan fingerprint density at radius 3 is 2.95 bits per heavy atom. The second-order valence-electron chi connectivity index (χ2n) is 5.26. The van der Waals surface area contributed by atoms with Gasteiger partial charge in [-0.25, -0.2) is 8.78 Å². The molecule has 1 unspecified atom stereocenters. The maximum Gasteiger partial charge on any atom is 0.131 e. The molecular weight excluding hydrogens is 260 g/mol. The molecule has 3 nitrogen and oxygen atoms in total. The summed E-state index contributed by atoms with van der Waals surface area (Å²) in [6, 6.07) is 3.66. The van der Waals surface area contributed by atoms with E-state index in [2.05, 4.69) is 5.10 Å². The van der Waals surface area contributed by atoms with Crippen LogP contribution in [0.25, 0.3) is 0 Å². The summed E-state index contributed by atoms with van der Waals surface area (Å²) in [4.78, 5) is 0. The molecule has 5 heteroatoms. The van der Waals surface area contributed by atoms with Crippen LogP contribution in [0.1, 0.15) is 35.6 Å². The lowest BCUT2D eigenvalue weighted by Crippen LogP contribution is -2.19. The lowest BCUT2D eigenvalue weighted by atomic mass is 9.87. The van der Waals surface area contributed by atoms with Crippen molar-refractivity contribution >= 4 is 0 Å². The topological polar surface area (TPSA) is 43.8 Å². The summed E-state index contributed by atoms with van der Waals surface area (Å²) in [5.41, 5.74) is 8.55. The SMILES string of the molecule is NCC1CCCc2c1cnn2Cc1ccc(F)cc1F. The minimum Gasteiger partial charge on any atom is -0.330 e. The predicted molar refractivity (Wildman–Crippen MR) is 72.4 cm³/mol. The Bertz CT molecular complexity index is 622. The zero-order valence-corrected chi connectivity index (χ0v) is 11.1. The second kappa shape index (κ2) is 5.32. The molecule has 106 valence electrons. The van der Waals surface area contributed by atoms with Crippen LogP contribution >= 0.6 is 0 Å². The fourth-order valence-corrected chi connectivity index (χ4v) is 2.90. The third kappa shape index (κ3) is 2.33. The highest BCUT2D eigenvalue weighted by molar-refractivity contribution is 5.27. The average Bonchev–Trinajstić information content (AvgIpc) is 2.85. The number of nitrogens with two attached hydrogens (primary N) is 1. The summed E-state index contributed by atoms with van der Waals surface area (Å²) in [6.45, 7) is 0.947. The van der Waals surface area contributed by atoms with Crippen LogP contribution < -0.4 is 5.73 Å². The molecule has 2 aromatic rings. The number of rotatable bonds is 3. The largest absolute Gasteiger partial charge is 0.330 e. The first-order valence-electron chi connectivity index (χ1n) is 6.87. The van der Waals surface area contributed by atoms with Crippen molar-refractivity contribution in [1.82, 2.24) is 9.78 Å². The summed E-state index contributed by atoms with van der Waals surface area (Å²) in [5.74, 6) is -0.733. The standard InChI is InChI=1S/C15H17F2N3/c16-12-5-4-11(14(17)6-12)9-20-15-3-1-2-10(7-18)13(15)8-19-20/h4-6,8,10H,1-3,7,9,18H2. The van der Waals surface area contributed by atoms with Gasteiger partial charge in [0.15, 0.2) is 0 Å². The lowest BCUT2D eigenvalue weighted by molar-refractivity contribution is 0.521. The Morgan fingerprint density at radius 2 is 2.20 bits per heavy atom. The van der Waals surface area contributed by atoms with Crippen molar-refractivity contribution < 1.29 is 8.78 Å². The molecule has 1 atom stereocenters. The molecule has 0 bridgehead atoms. The van der Waals surface area contributed by atoms with Gasteiger partial charge in [0.1, 0.15) is 11.6 Å². The van der Waals surface area contributed by atoms with Gasteiger partial charge in [0.05, 0.1) is 12.7 Å². The second-order valence-corrected chi connectivity index (χ2v) is 5.26. The van der Waals surface area contributed by atoms with E-state index in [1.165, 1.54) is 17.7 Å². The van der Waals surface area contributed by atoms with Gasteiger partial charge < -0.3 is 5.73 Å². The number of nitrogens with zero attached hydrogens (tertiary/aromatic N) is 2. The van der Waals surface area contributed by atoms with Crippen molar-refractivity contribution in [3.63, 3.8) is 0 Å². The molecule has 0 aliphatic heterocycles. The summed E-state index contributed by atoms with van der Waals surface area (Å²) in [7, 11) is 0. The lowest BCUT2D eigenvalue weighted by Gasteiger charge is -2.21. The van der Waals surface area contributed by atoms with Gasteiger partial charge in [-0.1, -0.05) is 6.07 Å². The average molecular weight is 277 g/mol. The maximum atomic E-state index is 13.7. The fraction of sp³-hybridized carbons (Fsp3) is 0.400. The summed E-state index contributed by atoms with van der Waals surface area (Å²) < 4.78 is 28.4. The minimum absolute atomic E-state index is 0.332. The van der Waals surface area contributed by atoms with Crippen LogP contribution in [-0.4, -0.2) is 16.3 Å². The van der Waals surface area contributed by atoms with E-state index in [-0.39, 0.29) is 0 Å². The van der Waals surface area contributed by atoms with Gasteiger partial charge in [0.2, 0.25) is 0 Å². The van der Waals surface area contributed by atoms with Crippen molar-refractivity contribution in [2.75, 3.05) is 6.54 Å². The van der Waals surface area contributed by atoms with E-state index in [0.717, 1.165) is 31.0 Å². The fourth-order valence-electron chi connectivity index (χ4n) is 2.90. The van der Waals surface area contributed by atoms with Gasteiger partial charge in [-0.15, -0.1) is 0 Å². The van der Waals surface area contributed by atoms with E-state index in [9.17, 15) is 8.78 Å². The van der Waals surface area contributed by atoms with Gasteiger partial charge in [-0.2, -0.15) is 5.10 Å². The molecule has 0 fully saturated rings. The van der Waals surface area contributed by atoms with Crippen LogP contribution in [0.5, 0.6) is 0 Å². The Morgan fingerprint density at radius 1 is 1.35 bits per heavy atom. The van der Waals surface area contributed by atoms with E-state index in [1.807, 2.05) is 10.9 Å². The minimum atomic E-state index is -0.558. The molecule has 0 saturated heterocycles. The molecule has 2 N–H and O–H groups in total. The van der Waals surface area contributed by atoms with Crippen molar-refractivity contribution in [2.45, 2.75) is 31.7 Å². The summed E-state index contributed by atoms with van der Waals surface area (Å²) >= 11 is 0. The maximum absolute atomic E-state index is 13.7. The van der Waals surface area contributed by atoms with E-state index in [1.54, 1.807) is 0 Å². The number of aromatic nitrogens is 2. The molecule has 0 radical (unpaired) electrons. The molecular formula is C15H17F2N3. The molecule has 3 rings (SSSR count). The van der Waals surface area contributed by atoms with Crippen molar-refractivity contribution in [1.29, 1.82) is 0 Å². The van der Waals surface area contributed by atoms with E-state index in [0.29, 0.717) is 24.6 Å². The van der Waals surface area contributed by atoms with Crippen LogP contribution in [0.3, 0.4) is 0 Å². The Hall–Kier alpha value is -1.75. The predicted octanol–water partition coefficient (Wildman–Crippen LogP) is 2.59. The van der Waals surface area contributed by atoms with Crippen LogP contribution in [0, 0.1) is 11.6 Å². The van der Waals surface area contributed by atoms with Crippen LogP contribution in [0.2, 0.25) is 0 Å². The molecule has 0 amide bonds. The van der Waals surface area contributed by atoms with E-state index < -0.39 is 11.6 Å². The van der Waals surface area contributed by atoms with Gasteiger partial charge in [0.25, 0.3) is 0 Å². The van der Waals surface area contributed by atoms with E-state index in [4.69, 9.17) is 5.73 Å². The Balaban J connectivity index is 1.90. The van der Waals surface area contributed by atoms with Gasteiger partial charge in [-0.3, -0.25) is 4.68 Å². The molecule has 1 aromatic heterocycles. The number of halogens is 2. The molecule has 20 heavy (non-hydrogen) atoms. The monoisotopic (exact) mass is 277 g/mol. The molecule has 0 saturated carbocycles. The first kappa shape index (κ1) is 13.2. The Kier molecular flexibility index (Phi) is 3.53. The third-order valence-electron chi connectivity index (χ3n) is 4.01. The molecule has 1 aliphatic rings. The van der Waals surface area contributed by atoms with Crippen LogP contribution in [0.4, 0.5) is 8.78 Å². The zero-order chi connectivity index (χ0) is 14.1. The first-order chi connectivity index (χ1) is 9.69. The Labute approximate surface area is 116 Å². The highest BCUT2D eigenvalue weighted by Crippen LogP contribution is 2.31. The molecule has 1 aliphatic carbocycles.